The molecule has 0 atom stereocenters. The predicted molar refractivity (Wildman–Crippen MR) is 111 cm³/mol. The molecule has 0 amide bonds. The fraction of sp³-hybridized carbons (Fsp3) is 0.0833. The number of cyclic esters (lactones) is 1. The summed E-state index contributed by atoms with van der Waals surface area (Å²) in [4.78, 5) is 16.4. The zero-order valence-corrected chi connectivity index (χ0v) is 16.2. The number of hydrogen-bond acceptors (Lipinski definition) is 5. The maximum absolute atomic E-state index is 13.4. The molecule has 1 heterocycles. The van der Waals surface area contributed by atoms with Gasteiger partial charge in [0.25, 0.3) is 0 Å². The van der Waals surface area contributed by atoms with E-state index < -0.39 is 11.8 Å². The number of esters is 1. The van der Waals surface area contributed by atoms with Gasteiger partial charge in [0.05, 0.1) is 7.11 Å². The highest BCUT2D eigenvalue weighted by Gasteiger charge is 2.24. The Labute approximate surface area is 173 Å². The molecule has 5 nitrogen and oxygen atoms in total. The summed E-state index contributed by atoms with van der Waals surface area (Å²) in [7, 11) is 1.55. The minimum absolute atomic E-state index is 0.0699. The van der Waals surface area contributed by atoms with E-state index in [2.05, 4.69) is 4.99 Å². The van der Waals surface area contributed by atoms with Gasteiger partial charge in [-0.25, -0.2) is 14.2 Å². The van der Waals surface area contributed by atoms with Gasteiger partial charge >= 0.3 is 5.97 Å². The summed E-state index contributed by atoms with van der Waals surface area (Å²) in [6.07, 6.45) is 1.58. The summed E-state index contributed by atoms with van der Waals surface area (Å²) >= 11 is 0. The highest BCUT2D eigenvalue weighted by molar-refractivity contribution is 6.12. The highest BCUT2D eigenvalue weighted by atomic mass is 19.1. The molecule has 0 N–H and O–H groups in total. The number of rotatable bonds is 6. The number of benzene rings is 3. The van der Waals surface area contributed by atoms with Gasteiger partial charge in [0, 0.05) is 5.56 Å². The van der Waals surface area contributed by atoms with Gasteiger partial charge in [0.1, 0.15) is 12.4 Å². The average Bonchev–Trinajstić information content (AvgIpc) is 3.13. The van der Waals surface area contributed by atoms with Crippen LogP contribution in [-0.2, 0) is 16.1 Å². The molecule has 0 radical (unpaired) electrons. The lowest BCUT2D eigenvalue weighted by atomic mass is 10.1. The maximum atomic E-state index is 13.4. The van der Waals surface area contributed by atoms with Crippen molar-refractivity contribution >= 4 is 17.9 Å². The molecule has 0 spiro atoms. The van der Waals surface area contributed by atoms with E-state index in [1.165, 1.54) is 18.2 Å². The summed E-state index contributed by atoms with van der Waals surface area (Å²) in [5.41, 5.74) is 2.25. The standard InChI is InChI=1S/C24H18FNO4/c1-28-22-13-17(10-11-21(22)29-15-16-6-3-2-4-7-16)12-20-24(27)30-23(26-20)18-8-5-9-19(25)14-18/h2-14H,15H2,1H3/b20-12-. The minimum Gasteiger partial charge on any atom is -0.493 e. The first-order valence-electron chi connectivity index (χ1n) is 9.25. The molecule has 4 rings (SSSR count). The maximum Gasteiger partial charge on any atom is 0.363 e. The molecule has 1 aliphatic heterocycles. The van der Waals surface area contributed by atoms with Crippen LogP contribution in [-0.4, -0.2) is 19.0 Å². The second kappa shape index (κ2) is 8.61. The van der Waals surface area contributed by atoms with Crippen LogP contribution in [0.4, 0.5) is 4.39 Å². The second-order valence-corrected chi connectivity index (χ2v) is 6.53. The van der Waals surface area contributed by atoms with Crippen LogP contribution in [0.2, 0.25) is 0 Å². The molecule has 0 aliphatic carbocycles. The number of carbonyl (C=O) groups excluding carboxylic acids is 1. The molecule has 3 aromatic rings. The van der Waals surface area contributed by atoms with E-state index in [9.17, 15) is 9.18 Å². The van der Waals surface area contributed by atoms with Crippen molar-refractivity contribution in [1.29, 1.82) is 0 Å². The summed E-state index contributed by atoms with van der Waals surface area (Å²) < 4.78 is 29.9. The third-order valence-corrected chi connectivity index (χ3v) is 4.42. The molecular weight excluding hydrogens is 385 g/mol. The predicted octanol–water partition coefficient (Wildman–Crippen LogP) is 4.76. The summed E-state index contributed by atoms with van der Waals surface area (Å²) in [6.45, 7) is 0.408. The van der Waals surface area contributed by atoms with Crippen LogP contribution < -0.4 is 9.47 Å². The van der Waals surface area contributed by atoms with E-state index in [0.29, 0.717) is 29.2 Å². The first-order valence-corrected chi connectivity index (χ1v) is 9.25. The number of carbonyl (C=O) groups is 1. The van der Waals surface area contributed by atoms with Gasteiger partial charge in [-0.3, -0.25) is 0 Å². The Bertz CT molecular complexity index is 1140. The Hall–Kier alpha value is -3.93. The van der Waals surface area contributed by atoms with Crippen LogP contribution in [0.25, 0.3) is 6.08 Å². The van der Waals surface area contributed by atoms with Crippen molar-refractivity contribution in [2.75, 3.05) is 7.11 Å². The number of aliphatic imine (C=N–C) groups is 1. The monoisotopic (exact) mass is 403 g/mol. The molecule has 0 unspecified atom stereocenters. The van der Waals surface area contributed by atoms with Crippen LogP contribution in [0.1, 0.15) is 16.7 Å². The molecule has 30 heavy (non-hydrogen) atoms. The van der Waals surface area contributed by atoms with E-state index >= 15 is 0 Å². The van der Waals surface area contributed by atoms with Gasteiger partial charge in [0.15, 0.2) is 17.2 Å². The number of ether oxygens (including phenoxy) is 3. The Morgan fingerprint density at radius 3 is 2.60 bits per heavy atom. The summed E-state index contributed by atoms with van der Waals surface area (Å²) in [6, 6.07) is 20.8. The molecule has 0 saturated carbocycles. The molecule has 3 aromatic carbocycles. The van der Waals surface area contributed by atoms with Crippen LogP contribution in [0, 0.1) is 5.82 Å². The average molecular weight is 403 g/mol. The number of hydrogen-bond donors (Lipinski definition) is 0. The van der Waals surface area contributed by atoms with E-state index in [1.807, 2.05) is 30.3 Å². The zero-order chi connectivity index (χ0) is 20.9. The van der Waals surface area contributed by atoms with E-state index in [0.717, 1.165) is 5.56 Å². The van der Waals surface area contributed by atoms with Crippen LogP contribution in [0.5, 0.6) is 11.5 Å². The summed E-state index contributed by atoms with van der Waals surface area (Å²) in [5.74, 6) is 0.153. The lowest BCUT2D eigenvalue weighted by Crippen LogP contribution is -2.05. The van der Waals surface area contributed by atoms with Gasteiger partial charge in [-0.2, -0.15) is 0 Å². The topological polar surface area (TPSA) is 57.1 Å². The molecule has 0 bridgehead atoms. The van der Waals surface area contributed by atoms with E-state index in [-0.39, 0.29) is 11.6 Å². The lowest BCUT2D eigenvalue weighted by Gasteiger charge is -2.11. The molecule has 0 fully saturated rings. The van der Waals surface area contributed by atoms with Gasteiger partial charge in [-0.1, -0.05) is 42.5 Å². The largest absolute Gasteiger partial charge is 0.493 e. The van der Waals surface area contributed by atoms with E-state index in [4.69, 9.17) is 14.2 Å². The van der Waals surface area contributed by atoms with Crippen LogP contribution in [0.3, 0.4) is 0 Å². The minimum atomic E-state index is -0.599. The molecule has 1 aliphatic rings. The molecular formula is C24H18FNO4. The van der Waals surface area contributed by atoms with Gasteiger partial charge in [0.2, 0.25) is 5.90 Å². The quantitative estimate of drug-likeness (QED) is 0.440. The zero-order valence-electron chi connectivity index (χ0n) is 16.2. The van der Waals surface area contributed by atoms with Gasteiger partial charge in [-0.15, -0.1) is 0 Å². The smallest absolute Gasteiger partial charge is 0.363 e. The fourth-order valence-corrected chi connectivity index (χ4v) is 2.94. The Morgan fingerprint density at radius 1 is 1.00 bits per heavy atom. The lowest BCUT2D eigenvalue weighted by molar-refractivity contribution is -0.129. The van der Waals surface area contributed by atoms with Crippen molar-refractivity contribution in [2.45, 2.75) is 6.61 Å². The third-order valence-electron chi connectivity index (χ3n) is 4.42. The second-order valence-electron chi connectivity index (χ2n) is 6.53. The van der Waals surface area contributed by atoms with Crippen molar-refractivity contribution in [3.63, 3.8) is 0 Å². The number of methoxy groups -OCH3 is 1. The molecule has 6 heteroatoms. The van der Waals surface area contributed by atoms with Crippen LogP contribution >= 0.6 is 0 Å². The third kappa shape index (κ3) is 4.38. The number of nitrogens with zero attached hydrogens (tertiary/aromatic N) is 1. The Kier molecular flexibility index (Phi) is 5.57. The molecule has 0 aromatic heterocycles. The van der Waals surface area contributed by atoms with Crippen molar-refractivity contribution in [3.05, 3.63) is 101 Å². The number of halogens is 1. The van der Waals surface area contributed by atoms with Crippen LogP contribution in [0.15, 0.2) is 83.5 Å². The van der Waals surface area contributed by atoms with Gasteiger partial charge < -0.3 is 14.2 Å². The first-order chi connectivity index (χ1) is 14.6. The molecule has 0 saturated heterocycles. The van der Waals surface area contributed by atoms with Crippen molar-refractivity contribution < 1.29 is 23.4 Å². The fourth-order valence-electron chi connectivity index (χ4n) is 2.94. The Morgan fingerprint density at radius 2 is 1.83 bits per heavy atom. The molecule has 150 valence electrons. The van der Waals surface area contributed by atoms with Crippen molar-refractivity contribution in [2.24, 2.45) is 4.99 Å². The van der Waals surface area contributed by atoms with Crippen molar-refractivity contribution in [3.8, 4) is 11.5 Å². The normalized spacial score (nSPS) is 14.4. The highest BCUT2D eigenvalue weighted by Crippen LogP contribution is 2.30. The SMILES string of the molecule is COc1cc(/C=C2\N=C(c3cccc(F)c3)OC2=O)ccc1OCc1ccccc1. The summed E-state index contributed by atoms with van der Waals surface area (Å²) in [5, 5.41) is 0. The van der Waals surface area contributed by atoms with Crippen molar-refractivity contribution in [1.82, 2.24) is 0 Å². The Balaban J connectivity index is 1.55. The van der Waals surface area contributed by atoms with E-state index in [1.54, 1.807) is 37.5 Å². The first kappa shape index (κ1) is 19.4. The van der Waals surface area contributed by atoms with Gasteiger partial charge in [-0.05, 0) is 47.5 Å².